The number of anilines is 1. The van der Waals surface area contributed by atoms with Gasteiger partial charge in [-0.3, -0.25) is 9.59 Å². The second kappa shape index (κ2) is 6.87. The van der Waals surface area contributed by atoms with Gasteiger partial charge in [-0.05, 0) is 30.3 Å². The molecule has 0 radical (unpaired) electrons. The number of amides is 1. The lowest BCUT2D eigenvalue weighted by atomic mass is 10.1. The van der Waals surface area contributed by atoms with E-state index in [1.54, 1.807) is 29.8 Å². The normalized spacial score (nSPS) is 10.9. The van der Waals surface area contributed by atoms with Gasteiger partial charge in [0.1, 0.15) is 0 Å². The molecule has 7 heteroatoms. The van der Waals surface area contributed by atoms with E-state index in [1.807, 2.05) is 30.3 Å². The van der Waals surface area contributed by atoms with Crippen LogP contribution in [0.4, 0.5) is 5.69 Å². The van der Waals surface area contributed by atoms with Crippen molar-refractivity contribution in [3.63, 3.8) is 0 Å². The predicted molar refractivity (Wildman–Crippen MR) is 99.5 cm³/mol. The van der Waals surface area contributed by atoms with Gasteiger partial charge in [-0.1, -0.05) is 19.1 Å². The smallest absolute Gasteiger partial charge is 0.233 e. The van der Waals surface area contributed by atoms with E-state index < -0.39 is 0 Å². The third-order valence-electron chi connectivity index (χ3n) is 4.18. The molecular weight excluding hydrogens is 344 g/mol. The molecule has 0 saturated heterocycles. The van der Waals surface area contributed by atoms with Crippen LogP contribution in [0.15, 0.2) is 65.5 Å². The van der Waals surface area contributed by atoms with Crippen LogP contribution in [0.2, 0.25) is 0 Å². The zero-order valence-corrected chi connectivity index (χ0v) is 14.5. The average molecular weight is 360 g/mol. The number of carbonyl (C=O) groups is 2. The molecule has 7 nitrogen and oxygen atoms in total. The van der Waals surface area contributed by atoms with Crippen molar-refractivity contribution in [2.24, 2.45) is 0 Å². The number of rotatable bonds is 5. The lowest BCUT2D eigenvalue weighted by Gasteiger charge is -2.07. The number of hydrogen-bond donors (Lipinski definition) is 1. The number of fused-ring (bicyclic) bond motifs is 1. The fraction of sp³-hybridized carbons (Fsp3) is 0.100. The summed E-state index contributed by atoms with van der Waals surface area (Å²) >= 11 is 0. The summed E-state index contributed by atoms with van der Waals surface area (Å²) < 4.78 is 6.81. The Morgan fingerprint density at radius 1 is 1.15 bits per heavy atom. The molecule has 0 bridgehead atoms. The molecule has 1 aromatic carbocycles. The van der Waals surface area contributed by atoms with E-state index in [1.165, 1.54) is 12.5 Å². The highest BCUT2D eigenvalue weighted by atomic mass is 16.3. The molecule has 0 atom stereocenters. The molecule has 4 rings (SSSR count). The molecule has 0 aliphatic rings. The molecule has 0 fully saturated rings. The first kappa shape index (κ1) is 16.7. The molecule has 0 aliphatic carbocycles. The summed E-state index contributed by atoms with van der Waals surface area (Å²) in [5.74, 6) is -0.0624. The Balaban J connectivity index is 1.71. The van der Waals surface area contributed by atoms with E-state index >= 15 is 0 Å². The van der Waals surface area contributed by atoms with Gasteiger partial charge in [0.25, 0.3) is 0 Å². The van der Waals surface area contributed by atoms with Gasteiger partial charge in [-0.2, -0.15) is 5.10 Å². The number of nitrogens with one attached hydrogen (secondary N) is 1. The summed E-state index contributed by atoms with van der Waals surface area (Å²) in [5, 5.41) is 7.15. The SMILES string of the molecule is CCC(=O)Nc1ccc(-c2ccnc3c(C(=O)c4ccco4)cnn23)cc1. The fourth-order valence-corrected chi connectivity index (χ4v) is 2.78. The van der Waals surface area contributed by atoms with Crippen LogP contribution in [-0.2, 0) is 4.79 Å². The lowest BCUT2D eigenvalue weighted by molar-refractivity contribution is -0.115. The number of nitrogens with zero attached hydrogens (tertiary/aromatic N) is 3. The number of carbonyl (C=O) groups excluding carboxylic acids is 2. The number of hydrogen-bond acceptors (Lipinski definition) is 5. The highest BCUT2D eigenvalue weighted by Crippen LogP contribution is 2.24. The van der Waals surface area contributed by atoms with E-state index in [2.05, 4.69) is 15.4 Å². The first-order chi connectivity index (χ1) is 13.2. The predicted octanol–water partition coefficient (Wildman–Crippen LogP) is 3.57. The van der Waals surface area contributed by atoms with Crippen molar-refractivity contribution in [2.75, 3.05) is 5.32 Å². The minimum Gasteiger partial charge on any atom is -0.461 e. The molecule has 27 heavy (non-hydrogen) atoms. The highest BCUT2D eigenvalue weighted by Gasteiger charge is 2.19. The topological polar surface area (TPSA) is 89.5 Å². The first-order valence-electron chi connectivity index (χ1n) is 8.48. The summed E-state index contributed by atoms with van der Waals surface area (Å²) in [4.78, 5) is 28.4. The van der Waals surface area contributed by atoms with Crippen molar-refractivity contribution < 1.29 is 14.0 Å². The molecule has 0 aliphatic heterocycles. The van der Waals surface area contributed by atoms with Crippen LogP contribution < -0.4 is 5.32 Å². The van der Waals surface area contributed by atoms with E-state index in [-0.39, 0.29) is 17.5 Å². The zero-order chi connectivity index (χ0) is 18.8. The zero-order valence-electron chi connectivity index (χ0n) is 14.5. The van der Waals surface area contributed by atoms with Gasteiger partial charge in [0, 0.05) is 23.9 Å². The Bertz CT molecular complexity index is 1110. The molecular formula is C20H16N4O3. The minimum atomic E-state index is -0.266. The summed E-state index contributed by atoms with van der Waals surface area (Å²) in [6.07, 6.45) is 5.01. The summed E-state index contributed by atoms with van der Waals surface area (Å²) in [5.41, 5.74) is 3.23. The van der Waals surface area contributed by atoms with Crippen molar-refractivity contribution in [3.8, 4) is 11.3 Å². The summed E-state index contributed by atoms with van der Waals surface area (Å²) in [6, 6.07) is 12.5. The molecule has 4 aromatic rings. The second-order valence-corrected chi connectivity index (χ2v) is 5.91. The molecule has 0 spiro atoms. The molecule has 0 saturated carbocycles. The fourth-order valence-electron chi connectivity index (χ4n) is 2.78. The van der Waals surface area contributed by atoms with Gasteiger partial charge in [-0.25, -0.2) is 9.50 Å². The third-order valence-corrected chi connectivity index (χ3v) is 4.18. The maximum absolute atomic E-state index is 12.6. The highest BCUT2D eigenvalue weighted by molar-refractivity contribution is 6.10. The van der Waals surface area contributed by atoms with Gasteiger partial charge in [0.15, 0.2) is 11.4 Å². The first-order valence-corrected chi connectivity index (χ1v) is 8.48. The van der Waals surface area contributed by atoms with Crippen molar-refractivity contribution in [1.82, 2.24) is 14.6 Å². The Morgan fingerprint density at radius 3 is 2.67 bits per heavy atom. The van der Waals surface area contributed by atoms with E-state index in [4.69, 9.17) is 4.42 Å². The Kier molecular flexibility index (Phi) is 4.25. The standard InChI is InChI=1S/C20H16N4O3/c1-2-18(25)23-14-7-5-13(6-8-14)16-9-10-21-20-15(12-22-24(16)20)19(26)17-4-3-11-27-17/h3-12H,2H2,1H3,(H,23,25). The van der Waals surface area contributed by atoms with Crippen LogP contribution in [0.25, 0.3) is 16.9 Å². The van der Waals surface area contributed by atoms with E-state index in [0.717, 1.165) is 16.9 Å². The van der Waals surface area contributed by atoms with Crippen LogP contribution in [-0.4, -0.2) is 26.3 Å². The second-order valence-electron chi connectivity index (χ2n) is 5.91. The van der Waals surface area contributed by atoms with Gasteiger partial charge < -0.3 is 9.73 Å². The monoisotopic (exact) mass is 360 g/mol. The van der Waals surface area contributed by atoms with Gasteiger partial charge in [0.05, 0.1) is 23.7 Å². The molecule has 0 unspecified atom stereocenters. The molecule has 1 N–H and O–H groups in total. The van der Waals surface area contributed by atoms with Crippen LogP contribution in [0.1, 0.15) is 29.5 Å². The average Bonchev–Trinajstić information content (AvgIpc) is 3.38. The number of aromatic nitrogens is 3. The Hall–Kier alpha value is -3.74. The molecule has 1 amide bonds. The molecule has 3 heterocycles. The quantitative estimate of drug-likeness (QED) is 0.550. The number of ketones is 1. The maximum atomic E-state index is 12.6. The number of furan rings is 1. The largest absolute Gasteiger partial charge is 0.461 e. The van der Waals surface area contributed by atoms with E-state index in [9.17, 15) is 9.59 Å². The van der Waals surface area contributed by atoms with Gasteiger partial charge >= 0.3 is 0 Å². The maximum Gasteiger partial charge on any atom is 0.233 e. The van der Waals surface area contributed by atoms with Crippen molar-refractivity contribution in [1.29, 1.82) is 0 Å². The van der Waals surface area contributed by atoms with Crippen molar-refractivity contribution in [3.05, 3.63) is 72.4 Å². The number of benzene rings is 1. The van der Waals surface area contributed by atoms with Crippen LogP contribution in [0.5, 0.6) is 0 Å². The Labute approximate surface area is 154 Å². The lowest BCUT2D eigenvalue weighted by Crippen LogP contribution is -2.09. The van der Waals surface area contributed by atoms with E-state index in [0.29, 0.717) is 17.6 Å². The molecule has 3 aromatic heterocycles. The van der Waals surface area contributed by atoms with Gasteiger partial charge in [-0.15, -0.1) is 0 Å². The third kappa shape index (κ3) is 3.10. The minimum absolute atomic E-state index is 0.0396. The summed E-state index contributed by atoms with van der Waals surface area (Å²) in [6.45, 7) is 1.80. The van der Waals surface area contributed by atoms with Crippen LogP contribution in [0.3, 0.4) is 0 Å². The Morgan fingerprint density at radius 2 is 1.96 bits per heavy atom. The summed E-state index contributed by atoms with van der Waals surface area (Å²) in [7, 11) is 0. The van der Waals surface area contributed by atoms with Crippen molar-refractivity contribution >= 4 is 23.0 Å². The van der Waals surface area contributed by atoms with Crippen LogP contribution >= 0.6 is 0 Å². The van der Waals surface area contributed by atoms with Crippen molar-refractivity contribution in [2.45, 2.75) is 13.3 Å². The van der Waals surface area contributed by atoms with Crippen LogP contribution in [0, 0.1) is 0 Å². The van der Waals surface area contributed by atoms with Gasteiger partial charge in [0.2, 0.25) is 11.7 Å². The molecule has 134 valence electrons.